The van der Waals surface area contributed by atoms with Gasteiger partial charge in [-0.15, -0.1) is 0 Å². The number of ether oxygens (including phenoxy) is 3. The van der Waals surface area contributed by atoms with Crippen molar-refractivity contribution in [1.82, 2.24) is 4.90 Å². The molecule has 0 aliphatic carbocycles. The molecule has 1 amide bonds. The second-order valence-corrected chi connectivity index (χ2v) is 6.33. The van der Waals surface area contributed by atoms with E-state index in [0.29, 0.717) is 22.8 Å². The highest BCUT2D eigenvalue weighted by Crippen LogP contribution is 2.39. The zero-order chi connectivity index (χ0) is 18.5. The summed E-state index contributed by atoms with van der Waals surface area (Å²) in [6.07, 6.45) is 3.11. The maximum Gasteiger partial charge on any atom is 0.254 e. The molecule has 0 radical (unpaired) electrons. The van der Waals surface area contributed by atoms with E-state index in [2.05, 4.69) is 12.1 Å². The number of nitrogens with zero attached hydrogens (tertiary/aromatic N) is 1. The number of methoxy groups -OCH3 is 3. The van der Waals surface area contributed by atoms with Crippen LogP contribution in [0.5, 0.6) is 17.2 Å². The molecule has 0 saturated carbocycles. The van der Waals surface area contributed by atoms with Crippen molar-refractivity contribution in [3.63, 3.8) is 0 Å². The zero-order valence-corrected chi connectivity index (χ0v) is 15.5. The van der Waals surface area contributed by atoms with Gasteiger partial charge in [0.1, 0.15) is 0 Å². The molecule has 3 rings (SSSR count). The molecule has 138 valence electrons. The molecule has 5 heteroatoms. The lowest BCUT2D eigenvalue weighted by atomic mass is 9.94. The van der Waals surface area contributed by atoms with Gasteiger partial charge in [0.2, 0.25) is 5.75 Å². The second-order valence-electron chi connectivity index (χ2n) is 6.33. The number of hydrogen-bond acceptors (Lipinski definition) is 4. The first-order valence-electron chi connectivity index (χ1n) is 8.85. The van der Waals surface area contributed by atoms with E-state index in [9.17, 15) is 4.79 Å². The molecule has 0 spiro atoms. The smallest absolute Gasteiger partial charge is 0.254 e. The van der Waals surface area contributed by atoms with Gasteiger partial charge in [-0.1, -0.05) is 30.3 Å². The Morgan fingerprint density at radius 1 is 0.962 bits per heavy atom. The van der Waals surface area contributed by atoms with Crippen LogP contribution in [-0.4, -0.2) is 38.7 Å². The Kier molecular flexibility index (Phi) is 5.66. The van der Waals surface area contributed by atoms with E-state index < -0.39 is 0 Å². The van der Waals surface area contributed by atoms with E-state index in [0.717, 1.165) is 25.8 Å². The van der Waals surface area contributed by atoms with E-state index in [1.807, 2.05) is 23.1 Å². The molecule has 5 nitrogen and oxygen atoms in total. The molecule has 1 aliphatic rings. The van der Waals surface area contributed by atoms with Gasteiger partial charge in [0, 0.05) is 12.1 Å². The zero-order valence-electron chi connectivity index (χ0n) is 15.5. The SMILES string of the molecule is COc1cc(C(=O)N2CCCC[C@@H]2c2ccccc2)cc(OC)c1OC. The monoisotopic (exact) mass is 355 g/mol. The number of likely N-dealkylation sites (tertiary alicyclic amines) is 1. The normalized spacial score (nSPS) is 16.9. The van der Waals surface area contributed by atoms with Gasteiger partial charge >= 0.3 is 0 Å². The lowest BCUT2D eigenvalue weighted by molar-refractivity contribution is 0.0610. The third kappa shape index (κ3) is 3.47. The molecular formula is C21H25NO4. The highest BCUT2D eigenvalue weighted by molar-refractivity contribution is 5.96. The van der Waals surface area contributed by atoms with E-state index in [-0.39, 0.29) is 11.9 Å². The van der Waals surface area contributed by atoms with Gasteiger partial charge in [0.15, 0.2) is 11.5 Å². The molecule has 26 heavy (non-hydrogen) atoms. The maximum absolute atomic E-state index is 13.3. The third-order valence-corrected chi connectivity index (χ3v) is 4.86. The minimum absolute atomic E-state index is 0.0159. The van der Waals surface area contributed by atoms with Gasteiger partial charge in [-0.05, 0) is 37.0 Å². The topological polar surface area (TPSA) is 48.0 Å². The summed E-state index contributed by atoms with van der Waals surface area (Å²) in [5.41, 5.74) is 1.72. The van der Waals surface area contributed by atoms with Crippen LogP contribution in [0.4, 0.5) is 0 Å². The van der Waals surface area contributed by atoms with E-state index >= 15 is 0 Å². The van der Waals surface area contributed by atoms with Crippen LogP contribution in [0.25, 0.3) is 0 Å². The summed E-state index contributed by atoms with van der Waals surface area (Å²) >= 11 is 0. The molecule has 1 aliphatic heterocycles. The number of carbonyl (C=O) groups is 1. The predicted octanol–water partition coefficient (Wildman–Crippen LogP) is 4.08. The Bertz CT molecular complexity index is 735. The molecule has 1 heterocycles. The first kappa shape index (κ1) is 18.1. The number of rotatable bonds is 5. The first-order valence-corrected chi connectivity index (χ1v) is 8.85. The maximum atomic E-state index is 13.3. The number of amides is 1. The average Bonchev–Trinajstić information content (AvgIpc) is 2.72. The summed E-state index contributed by atoms with van der Waals surface area (Å²) in [4.78, 5) is 15.3. The van der Waals surface area contributed by atoms with Crippen molar-refractivity contribution < 1.29 is 19.0 Å². The Labute approximate surface area is 154 Å². The molecule has 0 unspecified atom stereocenters. The van der Waals surface area contributed by atoms with Crippen LogP contribution in [-0.2, 0) is 0 Å². The van der Waals surface area contributed by atoms with Crippen LogP contribution in [0.1, 0.15) is 41.2 Å². The van der Waals surface area contributed by atoms with Crippen LogP contribution < -0.4 is 14.2 Å². The lowest BCUT2D eigenvalue weighted by Crippen LogP contribution is -2.38. The molecule has 0 N–H and O–H groups in total. The number of piperidine rings is 1. The van der Waals surface area contributed by atoms with E-state index in [4.69, 9.17) is 14.2 Å². The average molecular weight is 355 g/mol. The molecule has 1 atom stereocenters. The van der Waals surface area contributed by atoms with Crippen LogP contribution >= 0.6 is 0 Å². The quantitative estimate of drug-likeness (QED) is 0.811. The van der Waals surface area contributed by atoms with Gasteiger partial charge in [0.05, 0.1) is 27.4 Å². The van der Waals surface area contributed by atoms with E-state index in [1.165, 1.54) is 5.56 Å². The second kappa shape index (κ2) is 8.13. The third-order valence-electron chi connectivity index (χ3n) is 4.86. The van der Waals surface area contributed by atoms with Crippen molar-refractivity contribution in [3.05, 3.63) is 53.6 Å². The molecular weight excluding hydrogens is 330 g/mol. The van der Waals surface area contributed by atoms with Crippen molar-refractivity contribution in [2.45, 2.75) is 25.3 Å². The first-order chi connectivity index (χ1) is 12.7. The Morgan fingerprint density at radius 3 is 2.19 bits per heavy atom. The largest absolute Gasteiger partial charge is 0.493 e. The summed E-state index contributed by atoms with van der Waals surface area (Å²) in [7, 11) is 4.66. The molecule has 1 saturated heterocycles. The predicted molar refractivity (Wildman–Crippen MR) is 100 cm³/mol. The van der Waals surface area contributed by atoms with Crippen molar-refractivity contribution in [2.75, 3.05) is 27.9 Å². The summed E-state index contributed by atoms with van der Waals surface area (Å²) < 4.78 is 16.1. The Morgan fingerprint density at radius 2 is 1.62 bits per heavy atom. The minimum atomic E-state index is -0.0159. The number of carbonyl (C=O) groups excluding carboxylic acids is 1. The van der Waals surface area contributed by atoms with Crippen molar-refractivity contribution in [1.29, 1.82) is 0 Å². The van der Waals surface area contributed by atoms with Crippen molar-refractivity contribution in [2.24, 2.45) is 0 Å². The van der Waals surface area contributed by atoms with Gasteiger partial charge in [0.25, 0.3) is 5.91 Å². The summed E-state index contributed by atoms with van der Waals surface area (Å²) in [5, 5.41) is 0. The molecule has 0 bridgehead atoms. The lowest BCUT2D eigenvalue weighted by Gasteiger charge is -2.36. The fourth-order valence-corrected chi connectivity index (χ4v) is 3.57. The van der Waals surface area contributed by atoms with Crippen LogP contribution in [0, 0.1) is 0 Å². The molecule has 1 fully saturated rings. The van der Waals surface area contributed by atoms with Crippen LogP contribution in [0.2, 0.25) is 0 Å². The van der Waals surface area contributed by atoms with Gasteiger partial charge < -0.3 is 19.1 Å². The summed E-state index contributed by atoms with van der Waals surface area (Å²) in [6, 6.07) is 13.8. The van der Waals surface area contributed by atoms with Gasteiger partial charge in [-0.3, -0.25) is 4.79 Å². The number of hydrogen-bond donors (Lipinski definition) is 0. The van der Waals surface area contributed by atoms with Gasteiger partial charge in [-0.2, -0.15) is 0 Å². The fraction of sp³-hybridized carbons (Fsp3) is 0.381. The molecule has 2 aromatic rings. The number of benzene rings is 2. The molecule has 2 aromatic carbocycles. The van der Waals surface area contributed by atoms with Crippen LogP contribution in [0.15, 0.2) is 42.5 Å². The molecule has 0 aromatic heterocycles. The highest BCUT2D eigenvalue weighted by Gasteiger charge is 2.29. The fourth-order valence-electron chi connectivity index (χ4n) is 3.57. The Balaban J connectivity index is 1.96. The Hall–Kier alpha value is -2.69. The minimum Gasteiger partial charge on any atom is -0.493 e. The summed E-state index contributed by atoms with van der Waals surface area (Å²) in [6.45, 7) is 0.745. The van der Waals surface area contributed by atoms with Crippen LogP contribution in [0.3, 0.4) is 0 Å². The van der Waals surface area contributed by atoms with Crippen molar-refractivity contribution in [3.8, 4) is 17.2 Å². The van der Waals surface area contributed by atoms with E-state index in [1.54, 1.807) is 33.5 Å². The van der Waals surface area contributed by atoms with Gasteiger partial charge in [-0.25, -0.2) is 0 Å². The van der Waals surface area contributed by atoms with Crippen molar-refractivity contribution >= 4 is 5.91 Å². The standard InChI is InChI=1S/C21H25NO4/c1-24-18-13-16(14-19(25-2)20(18)26-3)21(23)22-12-8-7-11-17(22)15-9-5-4-6-10-15/h4-6,9-10,13-14,17H,7-8,11-12H2,1-3H3/t17-/m1/s1. The summed E-state index contributed by atoms with van der Waals surface area (Å²) in [5.74, 6) is 1.45. The highest BCUT2D eigenvalue weighted by atomic mass is 16.5.